The summed E-state index contributed by atoms with van der Waals surface area (Å²) < 4.78 is 0. The van der Waals surface area contributed by atoms with Gasteiger partial charge in [0.2, 0.25) is 16.9 Å². The SMILES string of the molecule is C[C@@H]1C[C@@H](C)CN(c2nc(Cl)nc(N)c2[N+](=O)[O-])C1. The minimum Gasteiger partial charge on any atom is -0.378 e. The van der Waals surface area contributed by atoms with E-state index in [1.807, 2.05) is 4.90 Å². The van der Waals surface area contributed by atoms with Gasteiger partial charge in [-0.2, -0.15) is 9.97 Å². The number of nitrogens with zero attached hydrogens (tertiary/aromatic N) is 4. The third-order valence-corrected chi connectivity index (χ3v) is 3.39. The molecule has 0 amide bonds. The Morgan fingerprint density at radius 2 is 1.95 bits per heavy atom. The molecule has 2 rings (SSSR count). The van der Waals surface area contributed by atoms with Crippen LogP contribution < -0.4 is 10.6 Å². The molecule has 0 aliphatic carbocycles. The van der Waals surface area contributed by atoms with Gasteiger partial charge in [0.05, 0.1) is 4.92 Å². The van der Waals surface area contributed by atoms with E-state index in [1.165, 1.54) is 0 Å². The van der Waals surface area contributed by atoms with Gasteiger partial charge in [0.25, 0.3) is 0 Å². The highest BCUT2D eigenvalue weighted by Gasteiger charge is 2.31. The van der Waals surface area contributed by atoms with Gasteiger partial charge in [-0.1, -0.05) is 13.8 Å². The standard InChI is InChI=1S/C11H16ClN5O2/c1-6-3-7(2)5-16(4-6)10-8(17(18)19)9(13)14-11(12)15-10/h6-7H,3-5H2,1-2H3,(H2,13,14,15)/t6-,7-/m1/s1. The molecular weight excluding hydrogens is 270 g/mol. The average Bonchev–Trinajstić information content (AvgIpc) is 2.25. The van der Waals surface area contributed by atoms with Gasteiger partial charge >= 0.3 is 5.69 Å². The molecule has 1 aliphatic rings. The second kappa shape index (κ2) is 5.16. The van der Waals surface area contributed by atoms with Crippen LogP contribution in [0.15, 0.2) is 0 Å². The summed E-state index contributed by atoms with van der Waals surface area (Å²) in [6.45, 7) is 5.64. The van der Waals surface area contributed by atoms with Crippen LogP contribution in [0.2, 0.25) is 5.28 Å². The highest BCUT2D eigenvalue weighted by Crippen LogP contribution is 2.35. The van der Waals surface area contributed by atoms with Gasteiger partial charge in [-0.15, -0.1) is 0 Å². The highest BCUT2D eigenvalue weighted by molar-refractivity contribution is 6.28. The quantitative estimate of drug-likeness (QED) is 0.507. The number of halogens is 1. The van der Waals surface area contributed by atoms with Crippen molar-refractivity contribution in [1.82, 2.24) is 9.97 Å². The van der Waals surface area contributed by atoms with Gasteiger partial charge in [0.1, 0.15) is 0 Å². The maximum atomic E-state index is 11.1. The summed E-state index contributed by atoms with van der Waals surface area (Å²) in [7, 11) is 0. The summed E-state index contributed by atoms with van der Waals surface area (Å²) in [5.74, 6) is 0.920. The Kier molecular flexibility index (Phi) is 3.75. The molecule has 19 heavy (non-hydrogen) atoms. The largest absolute Gasteiger partial charge is 0.378 e. The van der Waals surface area contributed by atoms with Crippen molar-refractivity contribution in [3.05, 3.63) is 15.4 Å². The number of hydrogen-bond acceptors (Lipinski definition) is 6. The van der Waals surface area contributed by atoms with Gasteiger partial charge in [-0.3, -0.25) is 10.1 Å². The molecule has 0 saturated carbocycles. The van der Waals surface area contributed by atoms with Crippen molar-refractivity contribution < 1.29 is 4.92 Å². The molecule has 0 spiro atoms. The van der Waals surface area contributed by atoms with Crippen molar-refractivity contribution in [2.24, 2.45) is 11.8 Å². The first-order valence-electron chi connectivity index (χ1n) is 6.10. The van der Waals surface area contributed by atoms with Gasteiger partial charge in [-0.25, -0.2) is 0 Å². The Morgan fingerprint density at radius 3 is 2.47 bits per heavy atom. The number of anilines is 2. The molecule has 0 unspecified atom stereocenters. The Balaban J connectivity index is 2.45. The van der Waals surface area contributed by atoms with Crippen LogP contribution in [0.3, 0.4) is 0 Å². The maximum Gasteiger partial charge on any atom is 0.353 e. The molecule has 1 aromatic rings. The second-order valence-electron chi connectivity index (χ2n) is 5.16. The van der Waals surface area contributed by atoms with E-state index in [2.05, 4.69) is 23.8 Å². The summed E-state index contributed by atoms with van der Waals surface area (Å²) in [4.78, 5) is 20.1. The molecule has 7 nitrogen and oxygen atoms in total. The molecule has 1 saturated heterocycles. The summed E-state index contributed by atoms with van der Waals surface area (Å²) in [6.07, 6.45) is 1.10. The van der Waals surface area contributed by atoms with E-state index in [-0.39, 0.29) is 22.6 Å². The summed E-state index contributed by atoms with van der Waals surface area (Å²) in [5, 5.41) is 11.1. The number of nitrogen functional groups attached to an aromatic ring is 1. The van der Waals surface area contributed by atoms with Crippen molar-refractivity contribution >= 4 is 28.9 Å². The highest BCUT2D eigenvalue weighted by atomic mass is 35.5. The lowest BCUT2D eigenvalue weighted by Crippen LogP contribution is -2.39. The van der Waals surface area contributed by atoms with E-state index < -0.39 is 4.92 Å². The van der Waals surface area contributed by atoms with Crippen LogP contribution in [0.5, 0.6) is 0 Å². The molecule has 0 aromatic carbocycles. The molecule has 2 heterocycles. The molecule has 0 bridgehead atoms. The van der Waals surface area contributed by atoms with Gasteiger partial charge in [-0.05, 0) is 29.9 Å². The maximum absolute atomic E-state index is 11.1. The average molecular weight is 286 g/mol. The van der Waals surface area contributed by atoms with Crippen LogP contribution in [0.25, 0.3) is 0 Å². The van der Waals surface area contributed by atoms with Gasteiger partial charge < -0.3 is 10.6 Å². The summed E-state index contributed by atoms with van der Waals surface area (Å²) >= 11 is 5.77. The minimum absolute atomic E-state index is 0.0658. The fourth-order valence-electron chi connectivity index (χ4n) is 2.66. The molecule has 1 aliphatic heterocycles. The van der Waals surface area contributed by atoms with Crippen LogP contribution in [0.4, 0.5) is 17.3 Å². The first-order chi connectivity index (χ1) is 8.88. The lowest BCUT2D eigenvalue weighted by molar-refractivity contribution is -0.383. The third-order valence-electron chi connectivity index (χ3n) is 3.22. The Morgan fingerprint density at radius 1 is 1.37 bits per heavy atom. The third kappa shape index (κ3) is 2.86. The predicted octanol–water partition coefficient (Wildman–Crippen LogP) is 2.10. The number of piperidine rings is 1. The zero-order valence-electron chi connectivity index (χ0n) is 10.8. The topological polar surface area (TPSA) is 98.2 Å². The van der Waals surface area contributed by atoms with Crippen molar-refractivity contribution in [3.8, 4) is 0 Å². The lowest BCUT2D eigenvalue weighted by Gasteiger charge is -2.35. The Labute approximate surface area is 115 Å². The molecule has 8 heteroatoms. The first kappa shape index (κ1) is 13.8. The van der Waals surface area contributed by atoms with Crippen LogP contribution >= 0.6 is 11.6 Å². The minimum atomic E-state index is -0.551. The van der Waals surface area contributed by atoms with Crippen LogP contribution in [-0.4, -0.2) is 28.0 Å². The molecule has 1 fully saturated rings. The summed E-state index contributed by atoms with van der Waals surface area (Å²) in [5.41, 5.74) is 5.34. The van der Waals surface area contributed by atoms with E-state index in [4.69, 9.17) is 17.3 Å². The zero-order valence-corrected chi connectivity index (χ0v) is 11.6. The van der Waals surface area contributed by atoms with Crippen molar-refractivity contribution in [3.63, 3.8) is 0 Å². The van der Waals surface area contributed by atoms with E-state index >= 15 is 0 Å². The van der Waals surface area contributed by atoms with Crippen molar-refractivity contribution in [2.75, 3.05) is 23.7 Å². The number of nitrogens with two attached hydrogens (primary N) is 1. The second-order valence-corrected chi connectivity index (χ2v) is 5.50. The summed E-state index contributed by atoms with van der Waals surface area (Å²) in [6, 6.07) is 0. The fraction of sp³-hybridized carbons (Fsp3) is 0.636. The van der Waals surface area contributed by atoms with E-state index in [1.54, 1.807) is 0 Å². The van der Waals surface area contributed by atoms with Crippen molar-refractivity contribution in [1.29, 1.82) is 0 Å². The first-order valence-corrected chi connectivity index (χ1v) is 6.48. The Bertz CT molecular complexity index is 500. The van der Waals surface area contributed by atoms with E-state index in [0.29, 0.717) is 24.9 Å². The zero-order chi connectivity index (χ0) is 14.2. The molecular formula is C11H16ClN5O2. The molecule has 2 N–H and O–H groups in total. The van der Waals surface area contributed by atoms with E-state index in [9.17, 15) is 10.1 Å². The smallest absolute Gasteiger partial charge is 0.353 e. The fourth-order valence-corrected chi connectivity index (χ4v) is 2.83. The van der Waals surface area contributed by atoms with Crippen LogP contribution in [-0.2, 0) is 0 Å². The van der Waals surface area contributed by atoms with Gasteiger partial charge in [0, 0.05) is 13.1 Å². The van der Waals surface area contributed by atoms with Crippen LogP contribution in [0, 0.1) is 22.0 Å². The number of aromatic nitrogens is 2. The van der Waals surface area contributed by atoms with Gasteiger partial charge in [0.15, 0.2) is 0 Å². The molecule has 2 atom stereocenters. The number of rotatable bonds is 2. The normalized spacial score (nSPS) is 23.4. The number of nitro groups is 1. The molecule has 104 valence electrons. The monoisotopic (exact) mass is 285 g/mol. The lowest BCUT2D eigenvalue weighted by atomic mass is 9.92. The molecule has 0 radical (unpaired) electrons. The van der Waals surface area contributed by atoms with Crippen molar-refractivity contribution in [2.45, 2.75) is 20.3 Å². The predicted molar refractivity (Wildman–Crippen MR) is 73.3 cm³/mol. The molecule has 1 aromatic heterocycles. The number of hydrogen-bond donors (Lipinski definition) is 1. The van der Waals surface area contributed by atoms with Crippen LogP contribution in [0.1, 0.15) is 20.3 Å². The van der Waals surface area contributed by atoms with E-state index in [0.717, 1.165) is 6.42 Å². The Hall–Kier alpha value is -1.63.